The molecular weight excluding hydrogens is 410 g/mol. The van der Waals surface area contributed by atoms with Gasteiger partial charge in [-0.25, -0.2) is 0 Å². The summed E-state index contributed by atoms with van der Waals surface area (Å²) in [6.45, 7) is 1.13. The number of anilines is 1. The first kappa shape index (κ1) is 18.7. The van der Waals surface area contributed by atoms with Crippen molar-refractivity contribution in [3.63, 3.8) is 0 Å². The van der Waals surface area contributed by atoms with Crippen LogP contribution in [0, 0.1) is 17.3 Å². The number of Topliss-reactive ketones (excluding diaryl/α,β-unsaturated/α-hetero) is 1. The molecule has 4 aliphatic rings. The van der Waals surface area contributed by atoms with Gasteiger partial charge in [0.15, 0.2) is 12.4 Å². The predicted molar refractivity (Wildman–Crippen MR) is 105 cm³/mol. The molecule has 4 bridgehead atoms. The van der Waals surface area contributed by atoms with Gasteiger partial charge in [-0.2, -0.15) is 0 Å². The number of ketones is 1. The third-order valence-electron chi connectivity index (χ3n) is 6.34. The maximum absolute atomic E-state index is 12.9. The highest BCUT2D eigenvalue weighted by Gasteiger charge is 2.60. The smallest absolute Gasteiger partial charge is 0.312 e. The van der Waals surface area contributed by atoms with Gasteiger partial charge >= 0.3 is 5.97 Å². The van der Waals surface area contributed by atoms with Crippen molar-refractivity contribution >= 4 is 39.3 Å². The van der Waals surface area contributed by atoms with E-state index >= 15 is 0 Å². The lowest BCUT2D eigenvalue weighted by atomic mass is 9.49. The predicted octanol–water partition coefficient (Wildman–Crippen LogP) is 4.10. The Kier molecular flexibility index (Phi) is 4.65. The number of halogens is 1. The third kappa shape index (κ3) is 3.56. The summed E-state index contributed by atoms with van der Waals surface area (Å²) in [5, 5.41) is 2.68. The second-order valence-electron chi connectivity index (χ2n) is 8.62. The van der Waals surface area contributed by atoms with Crippen LogP contribution < -0.4 is 5.32 Å². The molecular formula is C21H24BrNO4. The summed E-state index contributed by atoms with van der Waals surface area (Å²) in [4.78, 5) is 36.8. The summed E-state index contributed by atoms with van der Waals surface area (Å²) in [6, 6.07) is 6.83. The molecule has 0 heterocycles. The monoisotopic (exact) mass is 433 g/mol. The van der Waals surface area contributed by atoms with E-state index in [1.54, 1.807) is 24.3 Å². The Morgan fingerprint density at radius 1 is 1.15 bits per heavy atom. The quantitative estimate of drug-likeness (QED) is 0.430. The standard InChI is InChI=1S/C21H24BrNO4/c1-13(24)16-4-2-3-5-17(16)23-18(25)11-27-19(26)20-7-14-6-15(8-20)10-21(22,9-14)12-20/h2-5,14-15H,6-12H2,1H3,(H,23,25). The molecule has 5 rings (SSSR count). The number of amides is 1. The molecule has 144 valence electrons. The van der Waals surface area contributed by atoms with Crippen molar-refractivity contribution in [1.82, 2.24) is 0 Å². The Labute approximate surface area is 167 Å². The van der Waals surface area contributed by atoms with Crippen LogP contribution in [-0.2, 0) is 14.3 Å². The number of hydrogen-bond acceptors (Lipinski definition) is 4. The zero-order valence-corrected chi connectivity index (χ0v) is 17.0. The van der Waals surface area contributed by atoms with Crippen molar-refractivity contribution in [2.45, 2.75) is 49.8 Å². The van der Waals surface area contributed by atoms with E-state index < -0.39 is 11.3 Å². The summed E-state index contributed by atoms with van der Waals surface area (Å²) in [5.41, 5.74) is 0.449. The summed E-state index contributed by atoms with van der Waals surface area (Å²) in [5.74, 6) is 0.369. The minimum absolute atomic E-state index is 0.0682. The molecule has 0 spiro atoms. The molecule has 1 N–H and O–H groups in total. The van der Waals surface area contributed by atoms with E-state index in [0.717, 1.165) is 32.1 Å². The van der Waals surface area contributed by atoms with E-state index in [-0.39, 0.29) is 22.7 Å². The molecule has 0 radical (unpaired) electrons. The van der Waals surface area contributed by atoms with Crippen LogP contribution in [0.3, 0.4) is 0 Å². The molecule has 1 aromatic rings. The first-order valence-electron chi connectivity index (χ1n) is 9.55. The number of nitrogens with one attached hydrogen (secondary N) is 1. The highest BCUT2D eigenvalue weighted by molar-refractivity contribution is 9.10. The van der Waals surface area contributed by atoms with E-state index in [2.05, 4.69) is 21.2 Å². The van der Waals surface area contributed by atoms with Crippen LogP contribution in [0.5, 0.6) is 0 Å². The van der Waals surface area contributed by atoms with Crippen molar-refractivity contribution < 1.29 is 19.1 Å². The topological polar surface area (TPSA) is 72.5 Å². The van der Waals surface area contributed by atoms with Crippen LogP contribution in [0.1, 0.15) is 55.8 Å². The Morgan fingerprint density at radius 3 is 2.44 bits per heavy atom. The number of esters is 1. The van der Waals surface area contributed by atoms with Gasteiger partial charge in [0.25, 0.3) is 5.91 Å². The minimum Gasteiger partial charge on any atom is -0.455 e. The minimum atomic E-state index is -0.439. The van der Waals surface area contributed by atoms with Crippen LogP contribution in [0.4, 0.5) is 5.69 Å². The van der Waals surface area contributed by atoms with Gasteiger partial charge in [-0.15, -0.1) is 0 Å². The van der Waals surface area contributed by atoms with Crippen LogP contribution in [0.15, 0.2) is 24.3 Å². The SMILES string of the molecule is CC(=O)c1ccccc1NC(=O)COC(=O)C12CC3CC(CC(Br)(C3)C1)C2. The molecule has 4 fully saturated rings. The molecule has 4 aliphatic carbocycles. The van der Waals surface area contributed by atoms with E-state index in [9.17, 15) is 14.4 Å². The number of benzene rings is 1. The maximum atomic E-state index is 12.9. The van der Waals surface area contributed by atoms with Crippen LogP contribution in [-0.4, -0.2) is 28.6 Å². The normalized spacial score (nSPS) is 33.6. The highest BCUT2D eigenvalue weighted by Crippen LogP contribution is 2.64. The van der Waals surface area contributed by atoms with Crippen molar-refractivity contribution in [3.8, 4) is 0 Å². The second-order valence-corrected chi connectivity index (χ2v) is 10.3. The molecule has 27 heavy (non-hydrogen) atoms. The summed E-state index contributed by atoms with van der Waals surface area (Å²) < 4.78 is 5.52. The first-order valence-corrected chi connectivity index (χ1v) is 10.3. The molecule has 6 heteroatoms. The molecule has 4 saturated carbocycles. The average Bonchev–Trinajstić information content (AvgIpc) is 2.57. The van der Waals surface area contributed by atoms with Gasteiger partial charge in [-0.1, -0.05) is 28.1 Å². The Bertz CT molecular complexity index is 791. The maximum Gasteiger partial charge on any atom is 0.312 e. The molecule has 0 aromatic heterocycles. The zero-order chi connectivity index (χ0) is 19.2. The largest absolute Gasteiger partial charge is 0.455 e. The van der Waals surface area contributed by atoms with Gasteiger partial charge in [0, 0.05) is 9.89 Å². The number of carbonyl (C=O) groups is 3. The third-order valence-corrected chi connectivity index (χ3v) is 7.27. The fourth-order valence-corrected chi connectivity index (χ4v) is 7.21. The van der Waals surface area contributed by atoms with E-state index in [1.807, 2.05) is 0 Å². The summed E-state index contributed by atoms with van der Waals surface area (Å²) in [7, 11) is 0. The first-order chi connectivity index (χ1) is 12.8. The fraction of sp³-hybridized carbons (Fsp3) is 0.571. The van der Waals surface area contributed by atoms with Crippen molar-refractivity contribution in [2.24, 2.45) is 17.3 Å². The zero-order valence-electron chi connectivity index (χ0n) is 15.4. The summed E-state index contributed by atoms with van der Waals surface area (Å²) in [6.07, 6.45) is 6.06. The van der Waals surface area contributed by atoms with Gasteiger partial charge in [-0.05, 0) is 69.4 Å². The Balaban J connectivity index is 1.39. The van der Waals surface area contributed by atoms with Crippen molar-refractivity contribution in [1.29, 1.82) is 0 Å². The van der Waals surface area contributed by atoms with Gasteiger partial charge in [-0.3, -0.25) is 14.4 Å². The fourth-order valence-electron chi connectivity index (χ4n) is 5.76. The average molecular weight is 434 g/mol. The number of para-hydroxylation sites is 1. The molecule has 0 aliphatic heterocycles. The van der Waals surface area contributed by atoms with Gasteiger partial charge in [0.05, 0.1) is 11.1 Å². The second kappa shape index (κ2) is 6.73. The molecule has 1 aromatic carbocycles. The number of hydrogen-bond donors (Lipinski definition) is 1. The van der Waals surface area contributed by atoms with E-state index in [1.165, 1.54) is 13.3 Å². The van der Waals surface area contributed by atoms with Crippen LogP contribution >= 0.6 is 15.9 Å². The van der Waals surface area contributed by atoms with Crippen LogP contribution in [0.2, 0.25) is 0 Å². The number of carbonyl (C=O) groups excluding carboxylic acids is 3. The van der Waals surface area contributed by atoms with Gasteiger partial charge < -0.3 is 10.1 Å². The number of rotatable bonds is 5. The Hall–Kier alpha value is -1.69. The lowest BCUT2D eigenvalue weighted by Gasteiger charge is -2.58. The van der Waals surface area contributed by atoms with Gasteiger partial charge in [0.1, 0.15) is 0 Å². The van der Waals surface area contributed by atoms with Gasteiger partial charge in [0.2, 0.25) is 0 Å². The van der Waals surface area contributed by atoms with Crippen LogP contribution in [0.25, 0.3) is 0 Å². The lowest BCUT2D eigenvalue weighted by molar-refractivity contribution is -0.170. The lowest BCUT2D eigenvalue weighted by Crippen LogP contribution is -2.56. The molecule has 2 unspecified atom stereocenters. The summed E-state index contributed by atoms with van der Waals surface area (Å²) >= 11 is 3.89. The van der Waals surface area contributed by atoms with E-state index in [0.29, 0.717) is 23.1 Å². The number of ether oxygens (including phenoxy) is 1. The Morgan fingerprint density at radius 2 is 1.81 bits per heavy atom. The number of alkyl halides is 1. The van der Waals surface area contributed by atoms with Crippen molar-refractivity contribution in [3.05, 3.63) is 29.8 Å². The van der Waals surface area contributed by atoms with Crippen molar-refractivity contribution in [2.75, 3.05) is 11.9 Å². The highest BCUT2D eigenvalue weighted by atomic mass is 79.9. The van der Waals surface area contributed by atoms with E-state index in [4.69, 9.17) is 4.74 Å². The molecule has 5 nitrogen and oxygen atoms in total. The molecule has 0 saturated heterocycles. The molecule has 2 atom stereocenters. The molecule has 1 amide bonds.